The van der Waals surface area contributed by atoms with Crippen LogP contribution >= 0.6 is 0 Å². The van der Waals surface area contributed by atoms with E-state index in [2.05, 4.69) is 10.1 Å². The molecule has 0 saturated heterocycles. The first kappa shape index (κ1) is 21.7. The molecule has 0 amide bonds. The van der Waals surface area contributed by atoms with Gasteiger partial charge in [0.1, 0.15) is 5.82 Å². The Bertz CT molecular complexity index is 1240. The number of aromatic nitrogens is 3. The van der Waals surface area contributed by atoms with Crippen LogP contribution in [0.3, 0.4) is 0 Å². The number of aryl methyl sites for hydroxylation is 1. The monoisotopic (exact) mass is 438 g/mol. The molecule has 0 aliphatic heterocycles. The van der Waals surface area contributed by atoms with Gasteiger partial charge in [0.15, 0.2) is 17.2 Å². The molecule has 6 nitrogen and oxygen atoms in total. The van der Waals surface area contributed by atoms with Crippen molar-refractivity contribution in [3.05, 3.63) is 77.5 Å². The Morgan fingerprint density at radius 2 is 1.88 bits per heavy atom. The molecule has 4 aromatic rings. The van der Waals surface area contributed by atoms with Crippen molar-refractivity contribution in [3.63, 3.8) is 0 Å². The summed E-state index contributed by atoms with van der Waals surface area (Å²) in [4.78, 5) is 4.12. The molecule has 2 aromatic carbocycles. The number of hydrogen-bond acceptors (Lipinski definition) is 5. The van der Waals surface area contributed by atoms with Gasteiger partial charge in [-0.2, -0.15) is 4.98 Å². The largest absolute Gasteiger partial charge is 0.490 e. The third-order valence-corrected chi connectivity index (χ3v) is 5.53. The van der Waals surface area contributed by atoms with Crippen LogP contribution in [0.5, 0.6) is 5.75 Å². The highest BCUT2D eigenvalue weighted by Gasteiger charge is 2.19. The SMILES string of the molecule is Cc1ccc(-c2ccn3nc(N)nc3c2)c(F)c1OCCC(C)C(O)c1ccc(F)cc1. The zero-order valence-electron chi connectivity index (χ0n) is 17.8. The number of benzene rings is 2. The van der Waals surface area contributed by atoms with E-state index in [9.17, 15) is 9.50 Å². The van der Waals surface area contributed by atoms with Crippen molar-refractivity contribution in [3.8, 4) is 16.9 Å². The van der Waals surface area contributed by atoms with Gasteiger partial charge in [-0.1, -0.05) is 31.2 Å². The summed E-state index contributed by atoms with van der Waals surface area (Å²) in [6.45, 7) is 3.87. The molecule has 2 aromatic heterocycles. The van der Waals surface area contributed by atoms with Crippen molar-refractivity contribution in [2.75, 3.05) is 12.3 Å². The normalized spacial score (nSPS) is 13.3. The second kappa shape index (κ2) is 8.92. The zero-order chi connectivity index (χ0) is 22.8. The maximum Gasteiger partial charge on any atom is 0.240 e. The van der Waals surface area contributed by atoms with Crippen LogP contribution < -0.4 is 10.5 Å². The van der Waals surface area contributed by atoms with Gasteiger partial charge in [-0.25, -0.2) is 13.3 Å². The van der Waals surface area contributed by atoms with E-state index in [-0.39, 0.29) is 30.0 Å². The van der Waals surface area contributed by atoms with Gasteiger partial charge in [0, 0.05) is 11.8 Å². The molecule has 0 radical (unpaired) electrons. The average molecular weight is 438 g/mol. The molecular weight excluding hydrogens is 414 g/mol. The number of nitrogen functional groups attached to an aromatic ring is 1. The Labute approximate surface area is 184 Å². The number of rotatable bonds is 7. The minimum Gasteiger partial charge on any atom is -0.490 e. The number of aliphatic hydroxyl groups is 1. The van der Waals surface area contributed by atoms with Crippen molar-refractivity contribution in [2.45, 2.75) is 26.4 Å². The quantitative estimate of drug-likeness (QED) is 0.437. The third kappa shape index (κ3) is 4.40. The highest BCUT2D eigenvalue weighted by atomic mass is 19.1. The van der Waals surface area contributed by atoms with Crippen LogP contribution in [0.2, 0.25) is 0 Å². The highest BCUT2D eigenvalue weighted by Crippen LogP contribution is 2.33. The first-order valence-electron chi connectivity index (χ1n) is 10.3. The number of nitrogens with two attached hydrogens (primary N) is 1. The number of aliphatic hydroxyl groups excluding tert-OH is 1. The summed E-state index contributed by atoms with van der Waals surface area (Å²) in [6, 6.07) is 12.7. The van der Waals surface area contributed by atoms with E-state index in [4.69, 9.17) is 10.5 Å². The lowest BCUT2D eigenvalue weighted by Gasteiger charge is -2.20. The standard InChI is InChI=1S/C24H24F2N4O2/c1-14(22(31)16-4-6-18(25)7-5-16)10-12-32-23-15(2)3-8-19(21(23)26)17-9-11-30-20(13-17)28-24(27)29-30/h3-9,11,13-14,22,31H,10,12H2,1-2H3,(H2,27,29). The summed E-state index contributed by atoms with van der Waals surface area (Å²) in [6.07, 6.45) is 1.40. The number of halogens is 2. The molecule has 32 heavy (non-hydrogen) atoms. The topological polar surface area (TPSA) is 85.7 Å². The summed E-state index contributed by atoms with van der Waals surface area (Å²) in [7, 11) is 0. The zero-order valence-corrected chi connectivity index (χ0v) is 17.8. The third-order valence-electron chi connectivity index (χ3n) is 5.53. The van der Waals surface area contributed by atoms with Crippen LogP contribution in [0.4, 0.5) is 14.7 Å². The molecular formula is C24H24F2N4O2. The fourth-order valence-corrected chi connectivity index (χ4v) is 3.61. The smallest absolute Gasteiger partial charge is 0.240 e. The predicted octanol–water partition coefficient (Wildman–Crippen LogP) is 4.70. The average Bonchev–Trinajstić information content (AvgIpc) is 3.15. The van der Waals surface area contributed by atoms with Crippen molar-refractivity contribution in [2.24, 2.45) is 5.92 Å². The van der Waals surface area contributed by atoms with Crippen LogP contribution in [0, 0.1) is 24.5 Å². The number of hydrogen-bond donors (Lipinski definition) is 2. The van der Waals surface area contributed by atoms with E-state index in [1.807, 2.05) is 6.92 Å². The summed E-state index contributed by atoms with van der Waals surface area (Å²) in [5.41, 5.74) is 8.46. The van der Waals surface area contributed by atoms with Gasteiger partial charge in [0.2, 0.25) is 5.95 Å². The summed E-state index contributed by atoms with van der Waals surface area (Å²) < 4.78 is 35.8. The van der Waals surface area contributed by atoms with Crippen molar-refractivity contribution in [1.82, 2.24) is 14.6 Å². The molecule has 2 heterocycles. The Kier molecular flexibility index (Phi) is 6.05. The number of anilines is 1. The highest BCUT2D eigenvalue weighted by molar-refractivity contribution is 5.70. The molecule has 0 bridgehead atoms. The van der Waals surface area contributed by atoms with Gasteiger partial charge >= 0.3 is 0 Å². The lowest BCUT2D eigenvalue weighted by atomic mass is 9.95. The Balaban J connectivity index is 1.48. The molecule has 0 aliphatic rings. The Morgan fingerprint density at radius 1 is 1.12 bits per heavy atom. The summed E-state index contributed by atoms with van der Waals surface area (Å²) in [5.74, 6) is -0.657. The molecule has 4 rings (SSSR count). The molecule has 8 heteroatoms. The van der Waals surface area contributed by atoms with Crippen LogP contribution in [0.15, 0.2) is 54.7 Å². The number of fused-ring (bicyclic) bond motifs is 1. The lowest BCUT2D eigenvalue weighted by molar-refractivity contribution is 0.101. The van der Waals surface area contributed by atoms with Crippen LogP contribution in [-0.4, -0.2) is 26.3 Å². The van der Waals surface area contributed by atoms with E-state index in [0.29, 0.717) is 34.3 Å². The molecule has 0 fully saturated rings. The fraction of sp³-hybridized carbons (Fsp3) is 0.250. The van der Waals surface area contributed by atoms with Gasteiger partial charge < -0.3 is 15.6 Å². The van der Waals surface area contributed by atoms with Gasteiger partial charge in [-0.15, -0.1) is 5.10 Å². The summed E-state index contributed by atoms with van der Waals surface area (Å²) >= 11 is 0. The second-order valence-electron chi connectivity index (χ2n) is 7.87. The summed E-state index contributed by atoms with van der Waals surface area (Å²) in [5, 5.41) is 14.5. The van der Waals surface area contributed by atoms with Gasteiger partial charge in [-0.3, -0.25) is 0 Å². The Hall–Kier alpha value is -3.52. The maximum absolute atomic E-state index is 15.3. The van der Waals surface area contributed by atoms with Crippen LogP contribution in [-0.2, 0) is 0 Å². The van der Waals surface area contributed by atoms with E-state index in [0.717, 1.165) is 0 Å². The molecule has 2 unspecified atom stereocenters. The minimum atomic E-state index is -0.765. The minimum absolute atomic E-state index is 0.146. The molecule has 2 atom stereocenters. The second-order valence-corrected chi connectivity index (χ2v) is 7.87. The number of ether oxygens (including phenoxy) is 1. The first-order valence-corrected chi connectivity index (χ1v) is 10.3. The van der Waals surface area contributed by atoms with Crippen molar-refractivity contribution >= 4 is 11.6 Å². The Morgan fingerprint density at radius 3 is 2.62 bits per heavy atom. The van der Waals surface area contributed by atoms with E-state index < -0.39 is 11.9 Å². The first-order chi connectivity index (χ1) is 15.3. The van der Waals surface area contributed by atoms with Crippen LogP contribution in [0.1, 0.15) is 30.6 Å². The van der Waals surface area contributed by atoms with E-state index in [1.54, 1.807) is 49.5 Å². The molecule has 0 aliphatic carbocycles. The van der Waals surface area contributed by atoms with Crippen molar-refractivity contribution < 1.29 is 18.6 Å². The van der Waals surface area contributed by atoms with Gasteiger partial charge in [0.25, 0.3) is 0 Å². The molecule has 166 valence electrons. The van der Waals surface area contributed by atoms with Crippen molar-refractivity contribution in [1.29, 1.82) is 0 Å². The number of pyridine rings is 1. The van der Waals surface area contributed by atoms with Gasteiger partial charge in [0.05, 0.1) is 12.7 Å². The maximum atomic E-state index is 15.3. The lowest BCUT2D eigenvalue weighted by Crippen LogP contribution is -2.13. The fourth-order valence-electron chi connectivity index (χ4n) is 3.61. The molecule has 3 N–H and O–H groups in total. The van der Waals surface area contributed by atoms with E-state index in [1.165, 1.54) is 16.6 Å². The molecule has 0 saturated carbocycles. The van der Waals surface area contributed by atoms with Crippen LogP contribution in [0.25, 0.3) is 16.8 Å². The molecule has 0 spiro atoms. The van der Waals surface area contributed by atoms with Gasteiger partial charge in [-0.05, 0) is 60.2 Å². The predicted molar refractivity (Wildman–Crippen MR) is 118 cm³/mol. The van der Waals surface area contributed by atoms with E-state index >= 15 is 4.39 Å². The number of nitrogens with zero attached hydrogens (tertiary/aromatic N) is 3.